The van der Waals surface area contributed by atoms with E-state index in [0.29, 0.717) is 34.3 Å². The summed E-state index contributed by atoms with van der Waals surface area (Å²) in [5, 5.41) is 4.38. The van der Waals surface area contributed by atoms with Gasteiger partial charge in [-0.05, 0) is 91.3 Å². The SMILES string of the molecule is CCOc1cc(/C=N/NC(=O)c2ccccc2NS(=O)(=O)c2ccc(Cl)cc2)ccc1OC(=O)c1ccc(OC)cc1. The first-order chi connectivity index (χ1) is 20.2. The fraction of sp³-hybridized carbons (Fsp3) is 0.100. The van der Waals surface area contributed by atoms with E-state index < -0.39 is 21.9 Å². The van der Waals surface area contributed by atoms with Gasteiger partial charge in [-0.15, -0.1) is 0 Å². The number of esters is 1. The molecule has 0 saturated heterocycles. The number of amides is 1. The summed E-state index contributed by atoms with van der Waals surface area (Å²) in [6.07, 6.45) is 1.37. The predicted octanol–water partition coefficient (Wildman–Crippen LogP) is 5.53. The fourth-order valence-corrected chi connectivity index (χ4v) is 4.86. The summed E-state index contributed by atoms with van der Waals surface area (Å²) in [4.78, 5) is 25.5. The number of hydrogen-bond donors (Lipinski definition) is 2. The summed E-state index contributed by atoms with van der Waals surface area (Å²) in [6, 6.07) is 23.0. The lowest BCUT2D eigenvalue weighted by Crippen LogP contribution is -2.21. The number of rotatable bonds is 11. The largest absolute Gasteiger partial charge is 0.497 e. The average Bonchev–Trinajstić information content (AvgIpc) is 2.98. The first kappa shape index (κ1) is 30.1. The number of benzene rings is 4. The molecule has 0 bridgehead atoms. The van der Waals surface area contributed by atoms with Crippen LogP contribution in [0.4, 0.5) is 5.69 Å². The zero-order chi connectivity index (χ0) is 30.1. The molecule has 0 spiro atoms. The van der Waals surface area contributed by atoms with E-state index in [-0.39, 0.29) is 21.9 Å². The van der Waals surface area contributed by atoms with Crippen molar-refractivity contribution in [3.8, 4) is 17.2 Å². The number of para-hydroxylation sites is 1. The second kappa shape index (κ2) is 13.7. The molecular weight excluding hydrogens is 582 g/mol. The number of hydrazone groups is 1. The smallest absolute Gasteiger partial charge is 0.343 e. The van der Waals surface area contributed by atoms with Crippen molar-refractivity contribution in [3.05, 3.63) is 113 Å². The Balaban J connectivity index is 1.45. The Kier molecular flexibility index (Phi) is 9.79. The standard InChI is InChI=1S/C30H26ClN3O7S/c1-3-40-28-18-20(8-17-27(28)41-30(36)21-9-13-23(39-2)14-10-21)19-32-33-29(35)25-6-4-5-7-26(25)34-42(37,38)24-15-11-22(31)12-16-24/h4-19,34H,3H2,1-2H3,(H,33,35)/b32-19+. The van der Waals surface area contributed by atoms with Crippen LogP contribution >= 0.6 is 11.6 Å². The third kappa shape index (κ3) is 7.65. The number of nitrogens with zero attached hydrogens (tertiary/aromatic N) is 1. The van der Waals surface area contributed by atoms with Gasteiger partial charge >= 0.3 is 5.97 Å². The summed E-state index contributed by atoms with van der Waals surface area (Å²) in [6.45, 7) is 2.10. The van der Waals surface area contributed by atoms with E-state index in [1.807, 2.05) is 0 Å². The number of hydrogen-bond acceptors (Lipinski definition) is 8. The van der Waals surface area contributed by atoms with Crippen molar-refractivity contribution in [2.24, 2.45) is 5.10 Å². The fourth-order valence-electron chi connectivity index (χ4n) is 3.66. The number of methoxy groups -OCH3 is 1. The van der Waals surface area contributed by atoms with E-state index in [2.05, 4.69) is 15.2 Å². The molecule has 4 aromatic carbocycles. The van der Waals surface area contributed by atoms with Crippen LogP contribution in [0.25, 0.3) is 0 Å². The minimum Gasteiger partial charge on any atom is -0.497 e. The molecule has 0 aliphatic heterocycles. The van der Waals surface area contributed by atoms with E-state index in [1.54, 1.807) is 61.5 Å². The summed E-state index contributed by atoms with van der Waals surface area (Å²) in [5.41, 5.74) is 3.40. The molecule has 4 aromatic rings. The minimum absolute atomic E-state index is 0.0108. The quantitative estimate of drug-likeness (QED) is 0.0991. The van der Waals surface area contributed by atoms with Gasteiger partial charge in [0.25, 0.3) is 15.9 Å². The van der Waals surface area contributed by atoms with Gasteiger partial charge in [0.1, 0.15) is 5.75 Å². The molecule has 0 aliphatic rings. The molecule has 12 heteroatoms. The van der Waals surface area contributed by atoms with Crippen molar-refractivity contribution in [1.29, 1.82) is 0 Å². The van der Waals surface area contributed by atoms with Crippen molar-refractivity contribution in [2.45, 2.75) is 11.8 Å². The van der Waals surface area contributed by atoms with E-state index in [9.17, 15) is 18.0 Å². The Hall–Kier alpha value is -4.87. The molecule has 0 saturated carbocycles. The lowest BCUT2D eigenvalue weighted by Gasteiger charge is -2.12. The molecule has 10 nitrogen and oxygen atoms in total. The Morgan fingerprint density at radius 3 is 2.33 bits per heavy atom. The normalized spacial score (nSPS) is 11.1. The van der Waals surface area contributed by atoms with E-state index in [4.69, 9.17) is 25.8 Å². The number of carbonyl (C=O) groups is 2. The van der Waals surface area contributed by atoms with Gasteiger partial charge < -0.3 is 14.2 Å². The molecule has 1 amide bonds. The van der Waals surface area contributed by atoms with E-state index in [0.717, 1.165) is 0 Å². The second-order valence-electron chi connectivity index (χ2n) is 8.56. The molecule has 4 rings (SSSR count). The van der Waals surface area contributed by atoms with Crippen LogP contribution in [0.2, 0.25) is 5.02 Å². The monoisotopic (exact) mass is 607 g/mol. The Morgan fingerprint density at radius 2 is 1.64 bits per heavy atom. The molecule has 216 valence electrons. The highest BCUT2D eigenvalue weighted by Gasteiger charge is 2.19. The van der Waals surface area contributed by atoms with Crippen LogP contribution in [-0.2, 0) is 10.0 Å². The summed E-state index contributed by atoms with van der Waals surface area (Å²) in [7, 11) is -2.44. The number of halogens is 1. The third-order valence-corrected chi connectivity index (χ3v) is 7.35. The topological polar surface area (TPSA) is 132 Å². The zero-order valence-electron chi connectivity index (χ0n) is 22.5. The molecule has 0 heterocycles. The third-order valence-electron chi connectivity index (χ3n) is 5.72. The lowest BCUT2D eigenvalue weighted by molar-refractivity contribution is 0.0728. The van der Waals surface area contributed by atoms with Gasteiger partial charge in [0.2, 0.25) is 0 Å². The predicted molar refractivity (Wildman–Crippen MR) is 159 cm³/mol. The summed E-state index contributed by atoms with van der Waals surface area (Å²) >= 11 is 5.85. The average molecular weight is 608 g/mol. The lowest BCUT2D eigenvalue weighted by atomic mass is 10.2. The van der Waals surface area contributed by atoms with Gasteiger partial charge in [-0.2, -0.15) is 5.10 Å². The van der Waals surface area contributed by atoms with Crippen molar-refractivity contribution in [2.75, 3.05) is 18.4 Å². The van der Waals surface area contributed by atoms with Crippen LogP contribution in [0.15, 0.2) is 101 Å². The van der Waals surface area contributed by atoms with E-state index in [1.165, 1.54) is 49.7 Å². The van der Waals surface area contributed by atoms with E-state index >= 15 is 0 Å². The Bertz CT molecular complexity index is 1710. The molecule has 0 unspecified atom stereocenters. The maximum Gasteiger partial charge on any atom is 0.343 e. The highest BCUT2D eigenvalue weighted by Crippen LogP contribution is 2.29. The Morgan fingerprint density at radius 1 is 0.929 bits per heavy atom. The van der Waals surface area contributed by atoms with Gasteiger partial charge in [-0.1, -0.05) is 23.7 Å². The van der Waals surface area contributed by atoms with Crippen LogP contribution in [0.1, 0.15) is 33.2 Å². The number of ether oxygens (including phenoxy) is 3. The van der Waals surface area contributed by atoms with Gasteiger partial charge in [0.05, 0.1) is 41.6 Å². The Labute approximate surface area is 247 Å². The molecular formula is C30H26ClN3O7S. The van der Waals surface area contributed by atoms with Crippen LogP contribution in [-0.4, -0.2) is 40.2 Å². The van der Waals surface area contributed by atoms with Gasteiger partial charge in [-0.25, -0.2) is 18.6 Å². The van der Waals surface area contributed by atoms with Gasteiger partial charge in [0.15, 0.2) is 11.5 Å². The summed E-state index contributed by atoms with van der Waals surface area (Å²) < 4.78 is 44.3. The molecule has 42 heavy (non-hydrogen) atoms. The second-order valence-corrected chi connectivity index (χ2v) is 10.7. The molecule has 0 radical (unpaired) electrons. The number of carbonyl (C=O) groups excluding carboxylic acids is 2. The van der Waals surface area contributed by atoms with Crippen molar-refractivity contribution in [3.63, 3.8) is 0 Å². The zero-order valence-corrected chi connectivity index (χ0v) is 24.1. The van der Waals surface area contributed by atoms with Crippen LogP contribution < -0.4 is 24.4 Å². The minimum atomic E-state index is -3.98. The van der Waals surface area contributed by atoms with Crippen molar-refractivity contribution >= 4 is 45.4 Å². The highest BCUT2D eigenvalue weighted by atomic mass is 35.5. The summed E-state index contributed by atoms with van der Waals surface area (Å²) in [5.74, 6) is -0.0919. The van der Waals surface area contributed by atoms with Gasteiger partial charge in [-0.3, -0.25) is 9.52 Å². The molecule has 0 aromatic heterocycles. The number of sulfonamides is 1. The van der Waals surface area contributed by atoms with Crippen molar-refractivity contribution < 1.29 is 32.2 Å². The van der Waals surface area contributed by atoms with Crippen molar-refractivity contribution in [1.82, 2.24) is 5.43 Å². The highest BCUT2D eigenvalue weighted by molar-refractivity contribution is 7.92. The molecule has 2 N–H and O–H groups in total. The molecule has 0 atom stereocenters. The maximum atomic E-state index is 12.9. The maximum absolute atomic E-state index is 12.9. The number of nitrogens with one attached hydrogen (secondary N) is 2. The first-order valence-corrected chi connectivity index (χ1v) is 14.4. The van der Waals surface area contributed by atoms with Crippen LogP contribution in [0, 0.1) is 0 Å². The molecule has 0 fully saturated rings. The number of anilines is 1. The van der Waals surface area contributed by atoms with Crippen LogP contribution in [0.3, 0.4) is 0 Å². The molecule has 0 aliphatic carbocycles. The first-order valence-electron chi connectivity index (χ1n) is 12.5. The van der Waals surface area contributed by atoms with Gasteiger partial charge in [0, 0.05) is 5.02 Å². The van der Waals surface area contributed by atoms with Crippen LogP contribution in [0.5, 0.6) is 17.2 Å².